The van der Waals surface area contributed by atoms with Gasteiger partial charge in [0.15, 0.2) is 0 Å². The van der Waals surface area contributed by atoms with Crippen LogP contribution in [0, 0.1) is 0 Å². The van der Waals surface area contributed by atoms with Gasteiger partial charge in [0.25, 0.3) is 5.91 Å². The van der Waals surface area contributed by atoms with Crippen LogP contribution in [0.5, 0.6) is 5.75 Å². The van der Waals surface area contributed by atoms with E-state index in [4.69, 9.17) is 4.74 Å². The maximum absolute atomic E-state index is 13.3. The lowest BCUT2D eigenvalue weighted by Gasteiger charge is -2.32. The summed E-state index contributed by atoms with van der Waals surface area (Å²) in [4.78, 5) is 30.2. The SMILES string of the molecule is CCCCCC(=O)N1CCCCCN(C)C(=O)c2ccccc2OC[C@H]1Cc1ccccc1. The number of unbranched alkanes of at least 4 members (excludes halogenated alkanes) is 2. The molecule has 0 aromatic heterocycles. The monoisotopic (exact) mass is 450 g/mol. The minimum atomic E-state index is -0.0804. The average molecular weight is 451 g/mol. The van der Waals surface area contributed by atoms with Gasteiger partial charge in [0.1, 0.15) is 12.4 Å². The zero-order valence-corrected chi connectivity index (χ0v) is 20.2. The molecule has 1 atom stereocenters. The van der Waals surface area contributed by atoms with Crippen molar-refractivity contribution in [2.45, 2.75) is 64.3 Å². The van der Waals surface area contributed by atoms with Crippen LogP contribution in [0.1, 0.15) is 67.8 Å². The molecule has 0 saturated carbocycles. The normalized spacial score (nSPS) is 17.9. The summed E-state index contributed by atoms with van der Waals surface area (Å²) in [6.45, 7) is 3.95. The van der Waals surface area contributed by atoms with Crippen molar-refractivity contribution in [3.8, 4) is 5.75 Å². The van der Waals surface area contributed by atoms with Crippen LogP contribution in [0.2, 0.25) is 0 Å². The van der Waals surface area contributed by atoms with Crippen LogP contribution >= 0.6 is 0 Å². The Morgan fingerprint density at radius 3 is 2.48 bits per heavy atom. The fourth-order valence-electron chi connectivity index (χ4n) is 4.40. The number of nitrogens with zero attached hydrogens (tertiary/aromatic N) is 2. The van der Waals surface area contributed by atoms with E-state index in [1.807, 2.05) is 49.5 Å². The van der Waals surface area contributed by atoms with Crippen LogP contribution < -0.4 is 4.74 Å². The molecule has 2 aromatic rings. The van der Waals surface area contributed by atoms with Gasteiger partial charge in [-0.15, -0.1) is 0 Å². The molecule has 0 aliphatic carbocycles. The average Bonchev–Trinajstić information content (AvgIpc) is 2.85. The summed E-state index contributed by atoms with van der Waals surface area (Å²) in [5, 5.41) is 0. The van der Waals surface area contributed by atoms with Crippen LogP contribution in [0.15, 0.2) is 54.6 Å². The van der Waals surface area contributed by atoms with E-state index in [0.29, 0.717) is 30.9 Å². The van der Waals surface area contributed by atoms with Gasteiger partial charge in [-0.25, -0.2) is 0 Å². The number of rotatable bonds is 6. The quantitative estimate of drug-likeness (QED) is 0.558. The number of amides is 2. The summed E-state index contributed by atoms with van der Waals surface area (Å²) in [6.07, 6.45) is 7.24. The van der Waals surface area contributed by atoms with Crippen molar-refractivity contribution < 1.29 is 14.3 Å². The molecule has 0 fully saturated rings. The van der Waals surface area contributed by atoms with E-state index >= 15 is 0 Å². The second kappa shape index (κ2) is 13.0. The van der Waals surface area contributed by atoms with E-state index in [-0.39, 0.29) is 17.9 Å². The first-order valence-electron chi connectivity index (χ1n) is 12.4. The lowest BCUT2D eigenvalue weighted by molar-refractivity contribution is -0.134. The molecular weight excluding hydrogens is 412 g/mol. The Kier molecular flexibility index (Phi) is 9.79. The molecule has 1 aliphatic heterocycles. The summed E-state index contributed by atoms with van der Waals surface area (Å²) in [5.74, 6) is 0.784. The molecule has 178 valence electrons. The van der Waals surface area contributed by atoms with E-state index in [1.165, 1.54) is 5.56 Å². The molecule has 3 rings (SSSR count). The van der Waals surface area contributed by atoms with Gasteiger partial charge in [-0.3, -0.25) is 9.59 Å². The Bertz CT molecular complexity index is 884. The highest BCUT2D eigenvalue weighted by molar-refractivity contribution is 5.96. The molecule has 2 amide bonds. The fourth-order valence-corrected chi connectivity index (χ4v) is 4.40. The van der Waals surface area contributed by atoms with Crippen LogP contribution in [0.25, 0.3) is 0 Å². The molecule has 0 saturated heterocycles. The van der Waals surface area contributed by atoms with Crippen molar-refractivity contribution in [3.05, 3.63) is 65.7 Å². The van der Waals surface area contributed by atoms with Crippen molar-refractivity contribution >= 4 is 11.8 Å². The molecule has 0 spiro atoms. The summed E-state index contributed by atoms with van der Waals surface area (Å²) in [7, 11) is 1.85. The van der Waals surface area contributed by atoms with E-state index < -0.39 is 0 Å². The molecule has 1 heterocycles. The minimum absolute atomic E-state index is 0.0167. The minimum Gasteiger partial charge on any atom is -0.491 e. The molecule has 0 radical (unpaired) electrons. The van der Waals surface area contributed by atoms with E-state index in [0.717, 1.165) is 51.5 Å². The topological polar surface area (TPSA) is 49.9 Å². The second-order valence-corrected chi connectivity index (χ2v) is 8.98. The third-order valence-electron chi connectivity index (χ3n) is 6.36. The van der Waals surface area contributed by atoms with Crippen molar-refractivity contribution in [2.75, 3.05) is 26.7 Å². The maximum atomic E-state index is 13.3. The zero-order chi connectivity index (χ0) is 23.5. The fraction of sp³-hybridized carbons (Fsp3) is 0.500. The van der Waals surface area contributed by atoms with Gasteiger partial charge in [0.2, 0.25) is 5.91 Å². The Balaban J connectivity index is 1.88. The van der Waals surface area contributed by atoms with Crippen LogP contribution in [0.4, 0.5) is 0 Å². The number of hydrogen-bond donors (Lipinski definition) is 0. The van der Waals surface area contributed by atoms with Gasteiger partial charge in [-0.2, -0.15) is 0 Å². The summed E-state index contributed by atoms with van der Waals surface area (Å²) in [6, 6.07) is 17.7. The molecule has 1 aliphatic rings. The van der Waals surface area contributed by atoms with Crippen molar-refractivity contribution in [1.29, 1.82) is 0 Å². The highest BCUT2D eigenvalue weighted by atomic mass is 16.5. The van der Waals surface area contributed by atoms with Gasteiger partial charge in [0.05, 0.1) is 11.6 Å². The van der Waals surface area contributed by atoms with Gasteiger partial charge >= 0.3 is 0 Å². The van der Waals surface area contributed by atoms with Crippen LogP contribution in [-0.2, 0) is 11.2 Å². The number of ether oxygens (including phenoxy) is 1. The van der Waals surface area contributed by atoms with E-state index in [1.54, 1.807) is 4.90 Å². The smallest absolute Gasteiger partial charge is 0.257 e. The number of carbonyl (C=O) groups is 2. The Hall–Kier alpha value is -2.82. The van der Waals surface area contributed by atoms with Gasteiger partial charge in [-0.05, 0) is 49.8 Å². The largest absolute Gasteiger partial charge is 0.491 e. The number of benzene rings is 2. The third kappa shape index (κ3) is 7.34. The Morgan fingerprint density at radius 2 is 1.70 bits per heavy atom. The molecule has 5 heteroatoms. The molecule has 0 unspecified atom stereocenters. The lowest BCUT2D eigenvalue weighted by Crippen LogP contribution is -2.45. The highest BCUT2D eigenvalue weighted by Crippen LogP contribution is 2.23. The number of hydrogen-bond acceptors (Lipinski definition) is 3. The van der Waals surface area contributed by atoms with Crippen LogP contribution in [0.3, 0.4) is 0 Å². The van der Waals surface area contributed by atoms with Gasteiger partial charge in [0, 0.05) is 26.6 Å². The molecule has 2 aromatic carbocycles. The number of para-hydroxylation sites is 1. The standard InChI is InChI=1S/C28H38N2O3/c1-3-4-7-18-27(31)30-20-13-6-12-19-29(2)28(32)25-16-10-11-17-26(25)33-22-24(30)21-23-14-8-5-9-15-23/h5,8-11,14-17,24H,3-4,6-7,12-13,18-22H2,1-2H3/t24-/m1/s1. The third-order valence-corrected chi connectivity index (χ3v) is 6.36. The zero-order valence-electron chi connectivity index (χ0n) is 20.2. The Morgan fingerprint density at radius 1 is 0.970 bits per heavy atom. The first kappa shape index (κ1) is 24.8. The first-order valence-corrected chi connectivity index (χ1v) is 12.4. The molecule has 0 N–H and O–H groups in total. The van der Waals surface area contributed by atoms with E-state index in [9.17, 15) is 9.59 Å². The highest BCUT2D eigenvalue weighted by Gasteiger charge is 2.26. The Labute approximate surface area is 198 Å². The summed E-state index contributed by atoms with van der Waals surface area (Å²) < 4.78 is 6.27. The number of carbonyl (C=O) groups excluding carboxylic acids is 2. The van der Waals surface area contributed by atoms with Crippen molar-refractivity contribution in [3.63, 3.8) is 0 Å². The molecular formula is C28H38N2O3. The molecule has 5 nitrogen and oxygen atoms in total. The molecule has 33 heavy (non-hydrogen) atoms. The van der Waals surface area contributed by atoms with Crippen LogP contribution in [-0.4, -0.2) is 54.4 Å². The second-order valence-electron chi connectivity index (χ2n) is 8.98. The maximum Gasteiger partial charge on any atom is 0.257 e. The van der Waals surface area contributed by atoms with E-state index in [2.05, 4.69) is 24.0 Å². The first-order chi connectivity index (χ1) is 16.1. The number of fused-ring (bicyclic) bond motifs is 1. The lowest BCUT2D eigenvalue weighted by atomic mass is 10.0. The van der Waals surface area contributed by atoms with Crippen molar-refractivity contribution in [1.82, 2.24) is 9.80 Å². The summed E-state index contributed by atoms with van der Waals surface area (Å²) in [5.41, 5.74) is 1.77. The van der Waals surface area contributed by atoms with Gasteiger partial charge < -0.3 is 14.5 Å². The predicted octanol–water partition coefficient (Wildman–Crippen LogP) is 5.34. The van der Waals surface area contributed by atoms with Gasteiger partial charge in [-0.1, -0.05) is 62.2 Å². The summed E-state index contributed by atoms with van der Waals surface area (Å²) >= 11 is 0. The predicted molar refractivity (Wildman–Crippen MR) is 133 cm³/mol. The van der Waals surface area contributed by atoms with Crippen molar-refractivity contribution in [2.24, 2.45) is 0 Å². The molecule has 0 bridgehead atoms.